The maximum absolute atomic E-state index is 14.3. The van der Waals surface area contributed by atoms with Crippen LogP contribution in [0.3, 0.4) is 0 Å². The molecule has 6 heteroatoms. The number of ether oxygens (including phenoxy) is 1. The fraction of sp³-hybridized carbons (Fsp3) is 0.138. The van der Waals surface area contributed by atoms with Gasteiger partial charge in [-0.15, -0.1) is 0 Å². The summed E-state index contributed by atoms with van der Waals surface area (Å²) in [6.45, 7) is 0.113. The van der Waals surface area contributed by atoms with Gasteiger partial charge in [0.1, 0.15) is 0 Å². The first-order valence-corrected chi connectivity index (χ1v) is 13.0. The van der Waals surface area contributed by atoms with E-state index >= 15 is 0 Å². The highest BCUT2D eigenvalue weighted by atomic mass is 31.2. The number of benzene rings is 4. The van der Waals surface area contributed by atoms with Crippen LogP contribution in [-0.2, 0) is 38.0 Å². The highest BCUT2D eigenvalue weighted by Crippen LogP contribution is 2.56. The Balaban J connectivity index is 1.63. The second-order valence-corrected chi connectivity index (χ2v) is 10.1. The largest absolute Gasteiger partial charge is 0.445 e. The van der Waals surface area contributed by atoms with Gasteiger partial charge in [0.2, 0.25) is 5.85 Å². The van der Waals surface area contributed by atoms with E-state index in [9.17, 15) is 9.36 Å². The van der Waals surface area contributed by atoms with Crippen LogP contribution >= 0.6 is 7.60 Å². The number of hydrogen-bond donors (Lipinski definition) is 0. The molecule has 0 heterocycles. The van der Waals surface area contributed by atoms with Gasteiger partial charge in [-0.1, -0.05) is 109 Å². The predicted molar refractivity (Wildman–Crippen MR) is 136 cm³/mol. The maximum atomic E-state index is 14.3. The van der Waals surface area contributed by atoms with E-state index in [1.165, 1.54) is 0 Å². The molecule has 35 heavy (non-hydrogen) atoms. The average molecular weight is 487 g/mol. The maximum Gasteiger partial charge on any atom is 0.371 e. The molecule has 4 aromatic rings. The van der Waals surface area contributed by atoms with Crippen LogP contribution < -0.4 is 0 Å². The normalized spacial score (nSPS) is 12.1. The first-order valence-electron chi connectivity index (χ1n) is 11.4. The van der Waals surface area contributed by atoms with E-state index in [2.05, 4.69) is 0 Å². The predicted octanol–water partition coefficient (Wildman–Crippen LogP) is 7.04. The van der Waals surface area contributed by atoms with Gasteiger partial charge in [0.15, 0.2) is 0 Å². The molecule has 0 unspecified atom stereocenters. The molecule has 0 aliphatic heterocycles. The smallest absolute Gasteiger partial charge is 0.371 e. The van der Waals surface area contributed by atoms with Gasteiger partial charge in [0, 0.05) is 6.42 Å². The van der Waals surface area contributed by atoms with Crippen LogP contribution in [0.5, 0.6) is 0 Å². The minimum atomic E-state index is -3.94. The lowest BCUT2D eigenvalue weighted by molar-refractivity contribution is 0.0354. The first kappa shape index (κ1) is 24.6. The number of carbonyl (C=O) groups excluding carboxylic acids is 1. The Labute approximate surface area is 205 Å². The third kappa shape index (κ3) is 7.24. The zero-order chi connectivity index (χ0) is 24.3. The second kappa shape index (κ2) is 12.3. The molecular weight excluding hydrogens is 459 g/mol. The van der Waals surface area contributed by atoms with Crippen molar-refractivity contribution in [2.24, 2.45) is 0 Å². The Morgan fingerprint density at radius 1 is 0.600 bits per heavy atom. The Kier molecular flexibility index (Phi) is 8.63. The van der Waals surface area contributed by atoms with E-state index in [1.807, 2.05) is 97.1 Å². The lowest BCUT2D eigenvalue weighted by Crippen LogP contribution is -2.23. The Bertz CT molecular complexity index is 1180. The van der Waals surface area contributed by atoms with Crippen LogP contribution in [0.1, 0.15) is 27.0 Å². The van der Waals surface area contributed by atoms with Gasteiger partial charge in [0.05, 0.1) is 18.8 Å². The van der Waals surface area contributed by atoms with Crippen molar-refractivity contribution in [2.75, 3.05) is 0 Å². The van der Waals surface area contributed by atoms with Crippen LogP contribution in [0.15, 0.2) is 121 Å². The average Bonchev–Trinajstić information content (AvgIpc) is 2.92. The molecule has 0 saturated heterocycles. The van der Waals surface area contributed by atoms with Gasteiger partial charge < -0.3 is 13.8 Å². The van der Waals surface area contributed by atoms with E-state index in [4.69, 9.17) is 13.8 Å². The summed E-state index contributed by atoms with van der Waals surface area (Å²) >= 11 is 0. The molecule has 0 aromatic heterocycles. The minimum absolute atomic E-state index is 0.0566. The third-order valence-corrected chi connectivity index (χ3v) is 7.34. The van der Waals surface area contributed by atoms with E-state index in [-0.39, 0.29) is 19.6 Å². The molecule has 0 fully saturated rings. The molecule has 4 aromatic carbocycles. The zero-order valence-corrected chi connectivity index (χ0v) is 20.1. The summed E-state index contributed by atoms with van der Waals surface area (Å²) in [6, 6.07) is 36.9. The molecule has 1 atom stereocenters. The fourth-order valence-electron chi connectivity index (χ4n) is 3.48. The fourth-order valence-corrected chi connectivity index (χ4v) is 5.20. The Hall–Kier alpha value is -3.50. The topological polar surface area (TPSA) is 61.8 Å². The Morgan fingerprint density at radius 2 is 1.00 bits per heavy atom. The third-order valence-electron chi connectivity index (χ3n) is 5.37. The van der Waals surface area contributed by atoms with E-state index in [1.54, 1.807) is 24.3 Å². The molecule has 0 bridgehead atoms. The highest BCUT2D eigenvalue weighted by Gasteiger charge is 2.40. The summed E-state index contributed by atoms with van der Waals surface area (Å²) < 4.78 is 32.1. The van der Waals surface area contributed by atoms with Gasteiger partial charge in [-0.3, -0.25) is 4.57 Å². The van der Waals surface area contributed by atoms with Gasteiger partial charge in [0.25, 0.3) is 0 Å². The van der Waals surface area contributed by atoms with Crippen LogP contribution in [0.2, 0.25) is 0 Å². The SMILES string of the molecule is O=C(O[C@@H](Cc1ccccc1)P(=O)(OCc1ccccc1)OCc1ccccc1)c1ccccc1. The molecule has 0 radical (unpaired) electrons. The second-order valence-electron chi connectivity index (χ2n) is 7.97. The number of carbonyl (C=O) groups is 1. The van der Waals surface area contributed by atoms with Gasteiger partial charge in [-0.2, -0.15) is 0 Å². The Morgan fingerprint density at radius 3 is 1.46 bits per heavy atom. The molecule has 178 valence electrons. The van der Waals surface area contributed by atoms with Crippen molar-refractivity contribution in [1.82, 2.24) is 0 Å². The van der Waals surface area contributed by atoms with Gasteiger partial charge in [-0.05, 0) is 28.8 Å². The summed E-state index contributed by atoms with van der Waals surface area (Å²) in [4.78, 5) is 13.0. The van der Waals surface area contributed by atoms with Crippen LogP contribution in [0.25, 0.3) is 0 Å². The number of hydrogen-bond acceptors (Lipinski definition) is 5. The summed E-state index contributed by atoms with van der Waals surface area (Å²) in [5.74, 6) is -1.72. The summed E-state index contributed by atoms with van der Waals surface area (Å²) in [6.07, 6.45) is 0.181. The molecule has 0 spiro atoms. The molecule has 0 saturated carbocycles. The molecule has 4 rings (SSSR count). The number of rotatable bonds is 11. The highest BCUT2D eigenvalue weighted by molar-refractivity contribution is 7.54. The van der Waals surface area contributed by atoms with Crippen molar-refractivity contribution >= 4 is 13.6 Å². The minimum Gasteiger partial charge on any atom is -0.445 e. The lowest BCUT2D eigenvalue weighted by atomic mass is 10.2. The zero-order valence-electron chi connectivity index (χ0n) is 19.2. The van der Waals surface area contributed by atoms with Crippen molar-refractivity contribution in [3.05, 3.63) is 144 Å². The van der Waals surface area contributed by atoms with Crippen molar-refractivity contribution in [1.29, 1.82) is 0 Å². The summed E-state index contributed by atoms with van der Waals surface area (Å²) in [7, 11) is -3.94. The van der Waals surface area contributed by atoms with Gasteiger partial charge in [-0.25, -0.2) is 4.79 Å². The molecule has 5 nitrogen and oxygen atoms in total. The van der Waals surface area contributed by atoms with Crippen molar-refractivity contribution in [3.63, 3.8) is 0 Å². The van der Waals surface area contributed by atoms with Gasteiger partial charge >= 0.3 is 13.6 Å². The summed E-state index contributed by atoms with van der Waals surface area (Å²) in [5.41, 5.74) is 2.89. The van der Waals surface area contributed by atoms with Crippen molar-refractivity contribution in [3.8, 4) is 0 Å². The molecule has 0 aliphatic carbocycles. The summed E-state index contributed by atoms with van der Waals surface area (Å²) in [5, 5.41) is 0. The van der Waals surface area contributed by atoms with E-state index in [0.717, 1.165) is 16.7 Å². The monoisotopic (exact) mass is 486 g/mol. The molecule has 0 amide bonds. The van der Waals surface area contributed by atoms with E-state index in [0.29, 0.717) is 5.56 Å². The van der Waals surface area contributed by atoms with Crippen LogP contribution in [0.4, 0.5) is 0 Å². The lowest BCUT2D eigenvalue weighted by Gasteiger charge is -2.27. The van der Waals surface area contributed by atoms with Crippen LogP contribution in [0, 0.1) is 0 Å². The first-order chi connectivity index (χ1) is 17.1. The number of esters is 1. The molecule has 0 N–H and O–H groups in total. The molecular formula is C29H27O5P. The van der Waals surface area contributed by atoms with Crippen molar-refractivity contribution < 1.29 is 23.1 Å². The van der Waals surface area contributed by atoms with Crippen molar-refractivity contribution in [2.45, 2.75) is 25.5 Å². The molecule has 0 aliphatic rings. The van der Waals surface area contributed by atoms with E-state index < -0.39 is 19.4 Å². The quantitative estimate of drug-likeness (QED) is 0.168. The van der Waals surface area contributed by atoms with Crippen LogP contribution in [-0.4, -0.2) is 11.8 Å². The standard InChI is InChI=1S/C29H27O5P/c30-29(27-19-11-4-12-20-27)34-28(21-24-13-5-1-6-14-24)35(31,32-22-25-15-7-2-8-16-25)33-23-26-17-9-3-10-18-26/h1-20,28H,21-23H2/t28-/m1/s1.